The van der Waals surface area contributed by atoms with Crippen LogP contribution in [-0.4, -0.2) is 62.2 Å². The predicted octanol–water partition coefficient (Wildman–Crippen LogP) is 2.57. The Bertz CT molecular complexity index is 1080. The zero-order chi connectivity index (χ0) is 22.0. The van der Waals surface area contributed by atoms with Crippen molar-refractivity contribution in [1.82, 2.24) is 30.0 Å². The summed E-state index contributed by atoms with van der Waals surface area (Å²) in [7, 11) is 0. The fourth-order valence-electron chi connectivity index (χ4n) is 3.23. The van der Waals surface area contributed by atoms with Gasteiger partial charge in [-0.3, -0.25) is 4.90 Å². The Kier molecular flexibility index (Phi) is 5.80. The van der Waals surface area contributed by atoms with Crippen LogP contribution in [0.1, 0.15) is 5.82 Å². The molecule has 12 heteroatoms. The Morgan fingerprint density at radius 2 is 1.65 bits per heavy atom. The SMILES string of the molecule is O=C(Nc1c(F)cccc1F)N1CCN(Cc2nnnn2-c2ccc(F)c(F)c2)CC1. The third kappa shape index (κ3) is 4.48. The number of rotatable bonds is 4. The van der Waals surface area contributed by atoms with Gasteiger partial charge >= 0.3 is 6.03 Å². The number of nitrogens with one attached hydrogen (secondary N) is 1. The summed E-state index contributed by atoms with van der Waals surface area (Å²) in [6, 6.07) is 6.10. The Morgan fingerprint density at radius 1 is 0.935 bits per heavy atom. The van der Waals surface area contributed by atoms with Crippen molar-refractivity contribution >= 4 is 11.7 Å². The Morgan fingerprint density at radius 3 is 2.32 bits per heavy atom. The van der Waals surface area contributed by atoms with Crippen LogP contribution in [0.2, 0.25) is 0 Å². The molecule has 0 bridgehead atoms. The van der Waals surface area contributed by atoms with Crippen molar-refractivity contribution in [2.45, 2.75) is 6.54 Å². The molecule has 1 N–H and O–H groups in total. The highest BCUT2D eigenvalue weighted by molar-refractivity contribution is 5.89. The maximum Gasteiger partial charge on any atom is 0.322 e. The third-order valence-electron chi connectivity index (χ3n) is 4.90. The number of amides is 2. The summed E-state index contributed by atoms with van der Waals surface area (Å²) in [5, 5.41) is 13.6. The van der Waals surface area contributed by atoms with Gasteiger partial charge in [-0.15, -0.1) is 5.10 Å². The van der Waals surface area contributed by atoms with Gasteiger partial charge in [-0.2, -0.15) is 4.68 Å². The van der Waals surface area contributed by atoms with Crippen molar-refractivity contribution in [3.63, 3.8) is 0 Å². The van der Waals surface area contributed by atoms with Gasteiger partial charge in [0.25, 0.3) is 0 Å². The molecule has 4 rings (SSSR count). The molecule has 31 heavy (non-hydrogen) atoms. The third-order valence-corrected chi connectivity index (χ3v) is 4.90. The predicted molar refractivity (Wildman–Crippen MR) is 101 cm³/mol. The molecule has 8 nitrogen and oxygen atoms in total. The first-order chi connectivity index (χ1) is 14.9. The van der Waals surface area contributed by atoms with Crippen LogP contribution in [-0.2, 0) is 6.54 Å². The number of aromatic nitrogens is 4. The molecule has 1 fully saturated rings. The monoisotopic (exact) mass is 435 g/mol. The maximum atomic E-state index is 13.7. The second kappa shape index (κ2) is 8.68. The average Bonchev–Trinajstić information content (AvgIpc) is 3.21. The molecule has 0 aliphatic carbocycles. The number of piperazine rings is 1. The van der Waals surface area contributed by atoms with Crippen LogP contribution in [0.25, 0.3) is 5.69 Å². The van der Waals surface area contributed by atoms with Gasteiger partial charge in [0.05, 0.1) is 12.2 Å². The quantitative estimate of drug-likeness (QED) is 0.638. The van der Waals surface area contributed by atoms with E-state index in [4.69, 9.17) is 0 Å². The number of anilines is 1. The molecule has 1 saturated heterocycles. The van der Waals surface area contributed by atoms with Crippen molar-refractivity contribution in [3.05, 3.63) is 65.5 Å². The molecular formula is C19H17F4N7O. The van der Waals surface area contributed by atoms with E-state index in [1.165, 1.54) is 21.7 Å². The summed E-state index contributed by atoms with van der Waals surface area (Å²) >= 11 is 0. The molecule has 1 aliphatic rings. The van der Waals surface area contributed by atoms with Crippen LogP contribution in [0, 0.1) is 23.3 Å². The van der Waals surface area contributed by atoms with Gasteiger partial charge in [-0.05, 0) is 34.7 Å². The van der Waals surface area contributed by atoms with Crippen molar-refractivity contribution < 1.29 is 22.4 Å². The van der Waals surface area contributed by atoms with Crippen molar-refractivity contribution in [2.24, 2.45) is 0 Å². The zero-order valence-electron chi connectivity index (χ0n) is 16.1. The van der Waals surface area contributed by atoms with Crippen molar-refractivity contribution in [2.75, 3.05) is 31.5 Å². The molecule has 1 aromatic heterocycles. The van der Waals surface area contributed by atoms with Crippen LogP contribution in [0.5, 0.6) is 0 Å². The average molecular weight is 435 g/mol. The van der Waals surface area contributed by atoms with Crippen LogP contribution in [0.15, 0.2) is 36.4 Å². The second-order valence-electron chi connectivity index (χ2n) is 6.90. The fourth-order valence-corrected chi connectivity index (χ4v) is 3.23. The molecular weight excluding hydrogens is 418 g/mol. The summed E-state index contributed by atoms with van der Waals surface area (Å²) < 4.78 is 55.5. The molecule has 2 amide bonds. The van der Waals surface area contributed by atoms with Gasteiger partial charge in [0.15, 0.2) is 17.5 Å². The van der Waals surface area contributed by atoms with E-state index in [1.54, 1.807) is 0 Å². The molecule has 0 unspecified atom stereocenters. The lowest BCUT2D eigenvalue weighted by Gasteiger charge is -2.34. The largest absolute Gasteiger partial charge is 0.322 e. The van der Waals surface area contributed by atoms with E-state index < -0.39 is 35.0 Å². The zero-order valence-corrected chi connectivity index (χ0v) is 16.1. The summed E-state index contributed by atoms with van der Waals surface area (Å²) in [6.07, 6.45) is 0. The number of urea groups is 1. The van der Waals surface area contributed by atoms with Gasteiger partial charge in [-0.25, -0.2) is 22.4 Å². The minimum atomic E-state index is -1.01. The minimum absolute atomic E-state index is 0.281. The van der Waals surface area contributed by atoms with E-state index in [0.717, 1.165) is 24.3 Å². The van der Waals surface area contributed by atoms with E-state index in [-0.39, 0.29) is 5.69 Å². The van der Waals surface area contributed by atoms with Crippen LogP contribution in [0.3, 0.4) is 0 Å². The number of nitrogens with zero attached hydrogens (tertiary/aromatic N) is 6. The number of hydrogen-bond acceptors (Lipinski definition) is 5. The smallest absolute Gasteiger partial charge is 0.322 e. The topological polar surface area (TPSA) is 79.2 Å². The molecule has 162 valence electrons. The molecule has 3 aromatic rings. The molecule has 0 saturated carbocycles. The van der Waals surface area contributed by atoms with E-state index in [0.29, 0.717) is 38.5 Å². The number of hydrogen-bond donors (Lipinski definition) is 1. The lowest BCUT2D eigenvalue weighted by atomic mass is 10.2. The molecule has 2 heterocycles. The Balaban J connectivity index is 1.36. The van der Waals surface area contributed by atoms with Gasteiger partial charge < -0.3 is 10.2 Å². The number of halogens is 4. The first kappa shape index (κ1) is 20.7. The van der Waals surface area contributed by atoms with Gasteiger partial charge in [0.1, 0.15) is 17.3 Å². The lowest BCUT2D eigenvalue weighted by molar-refractivity contribution is 0.140. The van der Waals surface area contributed by atoms with Crippen molar-refractivity contribution in [3.8, 4) is 5.69 Å². The lowest BCUT2D eigenvalue weighted by Crippen LogP contribution is -2.49. The first-order valence-electron chi connectivity index (χ1n) is 9.37. The van der Waals surface area contributed by atoms with E-state index in [2.05, 4.69) is 20.8 Å². The Labute approximate surface area is 174 Å². The van der Waals surface area contributed by atoms with Gasteiger partial charge in [-0.1, -0.05) is 6.07 Å². The number of tetrazole rings is 1. The van der Waals surface area contributed by atoms with Gasteiger partial charge in [0.2, 0.25) is 0 Å². The highest BCUT2D eigenvalue weighted by Gasteiger charge is 2.24. The number of benzene rings is 2. The van der Waals surface area contributed by atoms with E-state index in [9.17, 15) is 22.4 Å². The van der Waals surface area contributed by atoms with E-state index >= 15 is 0 Å². The molecule has 2 aromatic carbocycles. The normalized spacial score (nSPS) is 14.6. The molecule has 0 atom stereocenters. The highest BCUT2D eigenvalue weighted by atomic mass is 19.2. The molecule has 0 radical (unpaired) electrons. The highest BCUT2D eigenvalue weighted by Crippen LogP contribution is 2.19. The number of carbonyl (C=O) groups is 1. The fraction of sp³-hybridized carbons (Fsp3) is 0.263. The van der Waals surface area contributed by atoms with Crippen LogP contribution >= 0.6 is 0 Å². The minimum Gasteiger partial charge on any atom is -0.322 e. The second-order valence-corrected chi connectivity index (χ2v) is 6.90. The maximum absolute atomic E-state index is 13.7. The van der Waals surface area contributed by atoms with Crippen LogP contribution in [0.4, 0.5) is 28.0 Å². The van der Waals surface area contributed by atoms with E-state index in [1.807, 2.05) is 4.90 Å². The molecule has 1 aliphatic heterocycles. The summed E-state index contributed by atoms with van der Waals surface area (Å²) in [5.41, 5.74) is -0.204. The summed E-state index contributed by atoms with van der Waals surface area (Å²) in [4.78, 5) is 15.8. The van der Waals surface area contributed by atoms with Crippen molar-refractivity contribution in [1.29, 1.82) is 0 Å². The number of carbonyl (C=O) groups excluding carboxylic acids is 1. The van der Waals surface area contributed by atoms with Gasteiger partial charge in [0, 0.05) is 32.2 Å². The first-order valence-corrected chi connectivity index (χ1v) is 9.37. The number of para-hydroxylation sites is 1. The summed E-state index contributed by atoms with van der Waals surface area (Å²) in [5.74, 6) is -3.27. The molecule has 0 spiro atoms. The standard InChI is InChI=1S/C19H17F4N7O/c20-13-5-4-12(10-16(13)23)30-17(25-26-27-30)11-28-6-8-29(9-7-28)19(31)24-18-14(21)2-1-3-15(18)22/h1-5,10H,6-9,11H2,(H,24,31). The summed E-state index contributed by atoms with van der Waals surface area (Å²) in [6.45, 7) is 1.85. The van der Waals surface area contributed by atoms with Crippen LogP contribution < -0.4 is 5.32 Å². The Hall–Kier alpha value is -3.54.